The van der Waals surface area contributed by atoms with Crippen molar-refractivity contribution >= 4 is 16.7 Å². The molecule has 174 valence electrons. The molecule has 2 aromatic heterocycles. The Kier molecular flexibility index (Phi) is 6.87. The summed E-state index contributed by atoms with van der Waals surface area (Å²) in [5.41, 5.74) is 2.21. The van der Waals surface area contributed by atoms with Crippen LogP contribution in [0.2, 0.25) is 0 Å². The topological polar surface area (TPSA) is 86.5 Å². The Morgan fingerprint density at radius 2 is 1.59 bits per heavy atom. The molecule has 0 aliphatic heterocycles. The Labute approximate surface area is 197 Å². The Morgan fingerprint density at radius 3 is 2.29 bits per heavy atom. The van der Waals surface area contributed by atoms with Crippen molar-refractivity contribution in [1.29, 1.82) is 0 Å². The average Bonchev–Trinajstić information content (AvgIpc) is 2.87. The van der Waals surface area contributed by atoms with Crippen LogP contribution in [0.3, 0.4) is 0 Å². The molecule has 8 nitrogen and oxygen atoms in total. The lowest BCUT2D eigenvalue weighted by Crippen LogP contribution is -2.37. The van der Waals surface area contributed by atoms with Gasteiger partial charge in [0.05, 0.1) is 25.3 Å². The van der Waals surface area contributed by atoms with E-state index in [9.17, 15) is 9.59 Å². The van der Waals surface area contributed by atoms with Crippen LogP contribution >= 0.6 is 0 Å². The summed E-state index contributed by atoms with van der Waals surface area (Å²) in [6, 6.07) is 16.5. The van der Waals surface area contributed by atoms with Gasteiger partial charge in [-0.2, -0.15) is 5.10 Å². The van der Waals surface area contributed by atoms with E-state index in [4.69, 9.17) is 9.47 Å². The molecule has 0 saturated carbocycles. The minimum absolute atomic E-state index is 0.164. The van der Waals surface area contributed by atoms with Gasteiger partial charge in [-0.3, -0.25) is 14.6 Å². The number of amides is 1. The minimum Gasteiger partial charge on any atom is -0.493 e. The quantitative estimate of drug-likeness (QED) is 0.403. The van der Waals surface area contributed by atoms with Gasteiger partial charge < -0.3 is 14.4 Å². The molecule has 0 aliphatic carbocycles. The first-order chi connectivity index (χ1) is 16.5. The van der Waals surface area contributed by atoms with E-state index >= 15 is 0 Å². The maximum Gasteiger partial charge on any atom is 0.275 e. The Hall–Kier alpha value is -4.20. The molecule has 0 fully saturated rings. The van der Waals surface area contributed by atoms with Crippen molar-refractivity contribution in [1.82, 2.24) is 19.7 Å². The van der Waals surface area contributed by atoms with Crippen LogP contribution in [-0.4, -0.2) is 39.8 Å². The van der Waals surface area contributed by atoms with Gasteiger partial charge in [0.1, 0.15) is 6.54 Å². The van der Waals surface area contributed by atoms with Crippen LogP contribution in [0.15, 0.2) is 71.8 Å². The highest BCUT2D eigenvalue weighted by atomic mass is 16.5. The third-order valence-electron chi connectivity index (χ3n) is 5.63. The molecule has 1 amide bonds. The van der Waals surface area contributed by atoms with Crippen LogP contribution in [0.5, 0.6) is 11.5 Å². The second-order valence-corrected chi connectivity index (χ2v) is 7.89. The predicted octanol–water partition coefficient (Wildman–Crippen LogP) is 3.35. The highest BCUT2D eigenvalue weighted by Crippen LogP contribution is 2.28. The highest BCUT2D eigenvalue weighted by Gasteiger charge is 2.19. The zero-order chi connectivity index (χ0) is 24.1. The van der Waals surface area contributed by atoms with E-state index in [2.05, 4.69) is 10.1 Å². The fourth-order valence-electron chi connectivity index (χ4n) is 3.88. The lowest BCUT2D eigenvalue weighted by atomic mass is 10.1. The van der Waals surface area contributed by atoms with E-state index in [1.54, 1.807) is 37.6 Å². The fraction of sp³-hybridized carbons (Fsp3) is 0.231. The monoisotopic (exact) mass is 458 g/mol. The van der Waals surface area contributed by atoms with Crippen molar-refractivity contribution < 1.29 is 14.3 Å². The zero-order valence-corrected chi connectivity index (χ0v) is 19.4. The van der Waals surface area contributed by atoms with E-state index < -0.39 is 0 Å². The van der Waals surface area contributed by atoms with Crippen molar-refractivity contribution in [2.24, 2.45) is 0 Å². The van der Waals surface area contributed by atoms with Crippen LogP contribution in [0.1, 0.15) is 16.8 Å². The van der Waals surface area contributed by atoms with Crippen molar-refractivity contribution in [3.8, 4) is 11.5 Å². The molecule has 0 unspecified atom stereocenters. The highest BCUT2D eigenvalue weighted by molar-refractivity contribution is 5.83. The molecule has 8 heteroatoms. The molecule has 2 heterocycles. The number of rotatable bonds is 8. The van der Waals surface area contributed by atoms with Gasteiger partial charge in [0.25, 0.3) is 5.56 Å². The van der Waals surface area contributed by atoms with Crippen LogP contribution in [0.4, 0.5) is 0 Å². The van der Waals surface area contributed by atoms with Crippen molar-refractivity contribution in [2.75, 3.05) is 14.2 Å². The number of carbonyl (C=O) groups excluding carboxylic acids is 1. The second-order valence-electron chi connectivity index (χ2n) is 7.89. The third kappa shape index (κ3) is 4.91. The average molecular weight is 459 g/mol. The summed E-state index contributed by atoms with van der Waals surface area (Å²) >= 11 is 0. The summed E-state index contributed by atoms with van der Waals surface area (Å²) in [5, 5.41) is 5.73. The number of carbonyl (C=O) groups is 1. The van der Waals surface area contributed by atoms with Gasteiger partial charge in [-0.25, -0.2) is 4.68 Å². The number of hydrogen-bond acceptors (Lipinski definition) is 6. The lowest BCUT2D eigenvalue weighted by Gasteiger charge is -2.24. The molecule has 0 saturated heterocycles. The Bertz CT molecular complexity index is 1370. The van der Waals surface area contributed by atoms with E-state index in [1.165, 1.54) is 4.68 Å². The molecular weight excluding hydrogens is 432 g/mol. The number of nitrogens with zero attached hydrogens (tertiary/aromatic N) is 4. The van der Waals surface area contributed by atoms with Gasteiger partial charge in [0.15, 0.2) is 11.5 Å². The molecular formula is C26H26N4O4. The van der Waals surface area contributed by atoms with Gasteiger partial charge >= 0.3 is 0 Å². The minimum atomic E-state index is -0.287. The van der Waals surface area contributed by atoms with E-state index in [-0.39, 0.29) is 18.0 Å². The predicted molar refractivity (Wildman–Crippen MR) is 129 cm³/mol. The number of methoxy groups -OCH3 is 2. The van der Waals surface area contributed by atoms with Crippen LogP contribution in [0.25, 0.3) is 10.8 Å². The van der Waals surface area contributed by atoms with Gasteiger partial charge in [-0.15, -0.1) is 0 Å². The summed E-state index contributed by atoms with van der Waals surface area (Å²) in [6.45, 7) is 2.35. The number of aromatic nitrogens is 3. The molecule has 2 aromatic carbocycles. The third-order valence-corrected chi connectivity index (χ3v) is 5.63. The molecule has 0 radical (unpaired) electrons. The van der Waals surface area contributed by atoms with E-state index in [0.29, 0.717) is 35.7 Å². The molecule has 4 rings (SSSR count). The van der Waals surface area contributed by atoms with Crippen LogP contribution in [0, 0.1) is 6.92 Å². The number of pyridine rings is 1. The summed E-state index contributed by atoms with van der Waals surface area (Å²) in [7, 11) is 3.15. The van der Waals surface area contributed by atoms with Gasteiger partial charge in [0.2, 0.25) is 5.91 Å². The standard InChI is InChI=1S/C26H26N4O4/c1-18-21-6-4-5-7-22(21)26(32)30(28-18)17-25(31)29(15-19-10-12-27-13-11-19)16-20-8-9-23(33-2)24(14-20)34-3/h4-14H,15-17H2,1-3H3. The fourth-order valence-corrected chi connectivity index (χ4v) is 3.88. The number of aryl methyl sites for hydroxylation is 1. The Morgan fingerprint density at radius 1 is 0.912 bits per heavy atom. The van der Waals surface area contributed by atoms with E-state index in [1.807, 2.05) is 55.5 Å². The first-order valence-electron chi connectivity index (χ1n) is 10.8. The largest absolute Gasteiger partial charge is 0.493 e. The summed E-state index contributed by atoms with van der Waals surface area (Å²) in [5.74, 6) is 0.968. The number of ether oxygens (including phenoxy) is 2. The van der Waals surface area contributed by atoms with Crippen molar-refractivity contribution in [3.05, 3.63) is 94.2 Å². The first-order valence-corrected chi connectivity index (χ1v) is 10.8. The van der Waals surface area contributed by atoms with Crippen molar-refractivity contribution in [2.45, 2.75) is 26.6 Å². The maximum atomic E-state index is 13.5. The number of fused-ring (bicyclic) bond motifs is 1. The van der Waals surface area contributed by atoms with Gasteiger partial charge in [-0.05, 0) is 48.4 Å². The second kappa shape index (κ2) is 10.2. The van der Waals surface area contributed by atoms with Gasteiger partial charge in [0, 0.05) is 30.9 Å². The zero-order valence-electron chi connectivity index (χ0n) is 19.4. The van der Waals surface area contributed by atoms with Crippen molar-refractivity contribution in [3.63, 3.8) is 0 Å². The molecule has 0 spiro atoms. The van der Waals surface area contributed by atoms with Gasteiger partial charge in [-0.1, -0.05) is 24.3 Å². The molecule has 34 heavy (non-hydrogen) atoms. The maximum absolute atomic E-state index is 13.5. The molecule has 0 aliphatic rings. The molecule has 0 N–H and O–H groups in total. The Balaban J connectivity index is 1.65. The van der Waals surface area contributed by atoms with Crippen LogP contribution < -0.4 is 15.0 Å². The smallest absolute Gasteiger partial charge is 0.275 e. The molecule has 0 atom stereocenters. The molecule has 0 bridgehead atoms. The van der Waals surface area contributed by atoms with Crippen LogP contribution in [-0.2, 0) is 24.4 Å². The van der Waals surface area contributed by atoms with E-state index in [0.717, 1.165) is 16.5 Å². The summed E-state index contributed by atoms with van der Waals surface area (Å²) in [6.07, 6.45) is 3.38. The number of hydrogen-bond donors (Lipinski definition) is 0. The SMILES string of the molecule is COc1ccc(CN(Cc2ccncc2)C(=O)Cn2nc(C)c3ccccc3c2=O)cc1OC. The first kappa shape index (κ1) is 23.0. The lowest BCUT2D eigenvalue weighted by molar-refractivity contribution is -0.133. The number of benzene rings is 2. The normalized spacial score (nSPS) is 10.8. The molecule has 4 aromatic rings. The summed E-state index contributed by atoms with van der Waals surface area (Å²) in [4.78, 5) is 32.2. The summed E-state index contributed by atoms with van der Waals surface area (Å²) < 4.78 is 12.0.